The first-order valence-corrected chi connectivity index (χ1v) is 5.24. The quantitative estimate of drug-likeness (QED) is 0.764. The van der Waals surface area contributed by atoms with Gasteiger partial charge in [0.15, 0.2) is 0 Å². The van der Waals surface area contributed by atoms with Crippen LogP contribution in [0.5, 0.6) is 0 Å². The molecule has 0 spiro atoms. The van der Waals surface area contributed by atoms with Gasteiger partial charge in [0.05, 0.1) is 0 Å². The molecule has 0 saturated heterocycles. The molecule has 0 fully saturated rings. The highest BCUT2D eigenvalue weighted by molar-refractivity contribution is 6.31. The fourth-order valence-electron chi connectivity index (χ4n) is 1.83. The molecular formula is C11H14ClN. The molecule has 2 heteroatoms. The minimum absolute atomic E-state index is 0.912. The number of benzene rings is 1. The van der Waals surface area contributed by atoms with E-state index in [1.54, 1.807) is 0 Å². The zero-order valence-electron chi connectivity index (χ0n) is 7.86. The average Bonchev–Trinajstić information content (AvgIpc) is 2.52. The third-order valence-corrected chi connectivity index (χ3v) is 2.85. The topological polar surface area (TPSA) is 12.0 Å². The van der Waals surface area contributed by atoms with Crippen molar-refractivity contribution in [2.45, 2.75) is 26.2 Å². The van der Waals surface area contributed by atoms with Crippen molar-refractivity contribution in [3.8, 4) is 0 Å². The molecule has 1 heterocycles. The molecule has 0 saturated carbocycles. The Morgan fingerprint density at radius 3 is 3.08 bits per heavy atom. The molecule has 70 valence electrons. The number of nitrogens with one attached hydrogen (secondary N) is 1. The maximum atomic E-state index is 6.15. The van der Waals surface area contributed by atoms with Gasteiger partial charge < -0.3 is 5.32 Å². The molecule has 1 nitrogen and oxygen atoms in total. The van der Waals surface area contributed by atoms with Gasteiger partial charge in [0.25, 0.3) is 0 Å². The summed E-state index contributed by atoms with van der Waals surface area (Å²) in [5.74, 6) is 0. The molecule has 13 heavy (non-hydrogen) atoms. The number of rotatable bonds is 2. The van der Waals surface area contributed by atoms with E-state index in [1.807, 2.05) is 0 Å². The molecule has 0 unspecified atom stereocenters. The zero-order chi connectivity index (χ0) is 9.26. The number of hydrogen-bond acceptors (Lipinski definition) is 1. The van der Waals surface area contributed by atoms with Crippen LogP contribution in [0.15, 0.2) is 12.1 Å². The average molecular weight is 196 g/mol. The largest absolute Gasteiger partial charge is 0.384 e. The van der Waals surface area contributed by atoms with Gasteiger partial charge in [-0.3, -0.25) is 0 Å². The minimum atomic E-state index is 0.912. The van der Waals surface area contributed by atoms with Gasteiger partial charge in [0.1, 0.15) is 0 Å². The standard InChI is InChI=1S/C11H14ClN/c1-2-3-8-6-9-4-5-13-11(9)7-10(8)12/h6-7,13H,2-5H2,1H3. The molecule has 2 rings (SSSR count). The van der Waals surface area contributed by atoms with Crippen LogP contribution in [0.25, 0.3) is 0 Å². The Labute approximate surface area is 84.1 Å². The van der Waals surface area contributed by atoms with E-state index >= 15 is 0 Å². The second kappa shape index (κ2) is 3.59. The molecule has 0 atom stereocenters. The number of anilines is 1. The van der Waals surface area contributed by atoms with Gasteiger partial charge in [-0.05, 0) is 30.0 Å². The summed E-state index contributed by atoms with van der Waals surface area (Å²) in [6, 6.07) is 4.32. The third-order valence-electron chi connectivity index (χ3n) is 2.50. The normalized spacial score (nSPS) is 14.0. The molecule has 0 bridgehead atoms. The predicted octanol–water partition coefficient (Wildman–Crippen LogP) is 3.26. The van der Waals surface area contributed by atoms with Crippen molar-refractivity contribution in [2.75, 3.05) is 11.9 Å². The lowest BCUT2D eigenvalue weighted by Crippen LogP contribution is -1.91. The van der Waals surface area contributed by atoms with Gasteiger partial charge in [-0.15, -0.1) is 0 Å². The van der Waals surface area contributed by atoms with Crippen molar-refractivity contribution in [1.29, 1.82) is 0 Å². The Morgan fingerprint density at radius 1 is 1.46 bits per heavy atom. The van der Waals surface area contributed by atoms with Gasteiger partial charge in [-0.1, -0.05) is 31.0 Å². The smallest absolute Gasteiger partial charge is 0.0458 e. The number of aryl methyl sites for hydroxylation is 1. The minimum Gasteiger partial charge on any atom is -0.384 e. The lowest BCUT2D eigenvalue weighted by molar-refractivity contribution is 0.919. The van der Waals surface area contributed by atoms with E-state index in [0.717, 1.165) is 30.8 Å². The summed E-state index contributed by atoms with van der Waals surface area (Å²) in [5, 5.41) is 4.24. The van der Waals surface area contributed by atoms with Gasteiger partial charge >= 0.3 is 0 Å². The van der Waals surface area contributed by atoms with Crippen molar-refractivity contribution in [3.05, 3.63) is 28.3 Å². The first-order valence-electron chi connectivity index (χ1n) is 4.86. The molecular weight excluding hydrogens is 182 g/mol. The molecule has 1 aromatic carbocycles. The van der Waals surface area contributed by atoms with Crippen molar-refractivity contribution < 1.29 is 0 Å². The van der Waals surface area contributed by atoms with E-state index in [0.29, 0.717) is 0 Å². The summed E-state index contributed by atoms with van der Waals surface area (Å²) in [6.45, 7) is 3.24. The van der Waals surface area contributed by atoms with Crippen molar-refractivity contribution in [1.82, 2.24) is 0 Å². The van der Waals surface area contributed by atoms with Crippen molar-refractivity contribution in [2.24, 2.45) is 0 Å². The highest BCUT2D eigenvalue weighted by atomic mass is 35.5. The first kappa shape index (κ1) is 8.89. The summed E-state index contributed by atoms with van der Waals surface area (Å²) in [7, 11) is 0. The molecule has 1 aromatic rings. The maximum Gasteiger partial charge on any atom is 0.0458 e. The van der Waals surface area contributed by atoms with Crippen LogP contribution in [0.2, 0.25) is 5.02 Å². The van der Waals surface area contributed by atoms with Crippen molar-refractivity contribution in [3.63, 3.8) is 0 Å². The highest BCUT2D eigenvalue weighted by Gasteiger charge is 2.12. The Kier molecular flexibility index (Phi) is 2.45. The fourth-order valence-corrected chi connectivity index (χ4v) is 2.09. The van der Waals surface area contributed by atoms with E-state index in [4.69, 9.17) is 11.6 Å². The van der Waals surface area contributed by atoms with Crippen LogP contribution in [0.3, 0.4) is 0 Å². The summed E-state index contributed by atoms with van der Waals surface area (Å²) in [6.07, 6.45) is 3.39. The Balaban J connectivity index is 2.37. The Hall–Kier alpha value is -0.690. The Morgan fingerprint density at radius 2 is 2.31 bits per heavy atom. The van der Waals surface area contributed by atoms with Gasteiger partial charge in [0, 0.05) is 17.3 Å². The second-order valence-electron chi connectivity index (χ2n) is 3.53. The lowest BCUT2D eigenvalue weighted by atomic mass is 10.0. The molecule has 1 aliphatic heterocycles. The summed E-state index contributed by atoms with van der Waals surface area (Å²) in [5.41, 5.74) is 3.95. The number of fused-ring (bicyclic) bond motifs is 1. The van der Waals surface area contributed by atoms with Crippen LogP contribution in [0, 0.1) is 0 Å². The van der Waals surface area contributed by atoms with Gasteiger partial charge in [-0.25, -0.2) is 0 Å². The predicted molar refractivity (Wildman–Crippen MR) is 57.6 cm³/mol. The van der Waals surface area contributed by atoms with Crippen LogP contribution in [-0.2, 0) is 12.8 Å². The monoisotopic (exact) mass is 195 g/mol. The summed E-state index contributed by atoms with van der Waals surface area (Å²) >= 11 is 6.15. The van der Waals surface area contributed by atoms with E-state index < -0.39 is 0 Å². The molecule has 1 N–H and O–H groups in total. The maximum absolute atomic E-state index is 6.15. The third kappa shape index (κ3) is 1.66. The van der Waals surface area contributed by atoms with Crippen LogP contribution < -0.4 is 5.32 Å². The van der Waals surface area contributed by atoms with E-state index in [2.05, 4.69) is 24.4 Å². The molecule has 0 aromatic heterocycles. The van der Waals surface area contributed by atoms with Gasteiger partial charge in [-0.2, -0.15) is 0 Å². The van der Waals surface area contributed by atoms with Crippen LogP contribution in [-0.4, -0.2) is 6.54 Å². The number of hydrogen-bond donors (Lipinski definition) is 1. The molecule has 1 aliphatic rings. The summed E-state index contributed by atoms with van der Waals surface area (Å²) < 4.78 is 0. The van der Waals surface area contributed by atoms with E-state index in [-0.39, 0.29) is 0 Å². The lowest BCUT2D eigenvalue weighted by Gasteiger charge is -2.06. The molecule has 0 amide bonds. The van der Waals surface area contributed by atoms with Crippen LogP contribution in [0.1, 0.15) is 24.5 Å². The number of halogens is 1. The van der Waals surface area contributed by atoms with E-state index in [1.165, 1.54) is 16.8 Å². The van der Waals surface area contributed by atoms with Crippen LogP contribution in [0.4, 0.5) is 5.69 Å². The first-order chi connectivity index (χ1) is 6.31. The van der Waals surface area contributed by atoms with Crippen LogP contribution >= 0.6 is 11.6 Å². The summed E-state index contributed by atoms with van der Waals surface area (Å²) in [4.78, 5) is 0. The highest BCUT2D eigenvalue weighted by Crippen LogP contribution is 2.29. The van der Waals surface area contributed by atoms with Gasteiger partial charge in [0.2, 0.25) is 0 Å². The molecule has 0 aliphatic carbocycles. The SMILES string of the molecule is CCCc1cc2c(cc1Cl)NCC2. The Bertz CT molecular complexity index is 320. The van der Waals surface area contributed by atoms with Crippen molar-refractivity contribution >= 4 is 17.3 Å². The second-order valence-corrected chi connectivity index (χ2v) is 3.93. The van der Waals surface area contributed by atoms with E-state index in [9.17, 15) is 0 Å². The fraction of sp³-hybridized carbons (Fsp3) is 0.455. The molecule has 0 radical (unpaired) electrons. The zero-order valence-corrected chi connectivity index (χ0v) is 8.62.